The molecule has 23 heavy (non-hydrogen) atoms. The molecule has 0 N–H and O–H groups in total. The first-order chi connectivity index (χ1) is 10.9. The third-order valence-corrected chi connectivity index (χ3v) is 6.28. The van der Waals surface area contributed by atoms with E-state index in [1.54, 1.807) is 20.3 Å². The minimum Gasteiger partial charge on any atom is -0.472 e. The molecule has 7 nitrogen and oxygen atoms in total. The largest absolute Gasteiger partial charge is 0.472 e. The molecule has 3 heterocycles. The molecule has 0 aliphatic carbocycles. The van der Waals surface area contributed by atoms with Gasteiger partial charge in [0.1, 0.15) is 6.10 Å². The lowest BCUT2D eigenvalue weighted by molar-refractivity contribution is -0.0346. The molecule has 2 aliphatic heterocycles. The molecule has 8 heteroatoms. The highest BCUT2D eigenvalue weighted by molar-refractivity contribution is 7.86. The molecular weight excluding hydrogens is 318 g/mol. The van der Waals surface area contributed by atoms with E-state index in [4.69, 9.17) is 9.47 Å². The van der Waals surface area contributed by atoms with E-state index in [2.05, 4.69) is 4.98 Å². The van der Waals surface area contributed by atoms with E-state index in [-0.39, 0.29) is 6.10 Å². The van der Waals surface area contributed by atoms with Crippen molar-refractivity contribution in [3.05, 3.63) is 24.4 Å². The highest BCUT2D eigenvalue weighted by Gasteiger charge is 2.47. The minimum atomic E-state index is -3.41. The average molecular weight is 341 g/mol. The normalized spacial score (nSPS) is 29.3. The summed E-state index contributed by atoms with van der Waals surface area (Å²) in [6, 6.07) is 5.53. The summed E-state index contributed by atoms with van der Waals surface area (Å²) in [6.07, 6.45) is 3.93. The van der Waals surface area contributed by atoms with E-state index < -0.39 is 15.8 Å². The third kappa shape index (κ3) is 3.50. The number of hydrogen-bond donors (Lipinski definition) is 0. The van der Waals surface area contributed by atoms with Gasteiger partial charge < -0.3 is 9.47 Å². The summed E-state index contributed by atoms with van der Waals surface area (Å²) in [7, 11) is -0.297. The Morgan fingerprint density at radius 1 is 1.43 bits per heavy atom. The number of piperidine rings is 1. The van der Waals surface area contributed by atoms with Gasteiger partial charge in [-0.3, -0.25) is 0 Å². The molecule has 0 saturated carbocycles. The standard InChI is InChI=1S/C15H23N3O4S/c1-17(2)23(19,20)18-9-5-7-15(12-18)10-13(11-21-15)22-14-6-3-4-8-16-14/h3-4,6,8,13H,5,7,9-12H2,1-2H3/t13-,15-/m0/s1. The van der Waals surface area contributed by atoms with Gasteiger partial charge in [0.05, 0.1) is 12.2 Å². The Balaban J connectivity index is 1.67. The lowest BCUT2D eigenvalue weighted by Crippen LogP contribution is -2.52. The molecule has 0 unspecified atom stereocenters. The Morgan fingerprint density at radius 3 is 2.96 bits per heavy atom. The first-order valence-corrected chi connectivity index (χ1v) is 9.20. The molecule has 1 aromatic heterocycles. The molecule has 0 aromatic carbocycles. The zero-order valence-corrected chi connectivity index (χ0v) is 14.3. The zero-order chi connectivity index (χ0) is 16.5. The van der Waals surface area contributed by atoms with Crippen molar-refractivity contribution in [3.8, 4) is 5.88 Å². The Labute approximate surface area is 137 Å². The Morgan fingerprint density at radius 2 is 2.26 bits per heavy atom. The molecule has 3 rings (SSSR count). The smallest absolute Gasteiger partial charge is 0.281 e. The monoisotopic (exact) mass is 341 g/mol. The molecule has 1 aromatic rings. The number of pyridine rings is 1. The lowest BCUT2D eigenvalue weighted by Gasteiger charge is -2.39. The van der Waals surface area contributed by atoms with E-state index in [0.29, 0.717) is 32.0 Å². The van der Waals surface area contributed by atoms with Gasteiger partial charge in [-0.05, 0) is 18.9 Å². The van der Waals surface area contributed by atoms with Gasteiger partial charge in [0, 0.05) is 45.9 Å². The first-order valence-electron chi connectivity index (χ1n) is 7.81. The number of aromatic nitrogens is 1. The van der Waals surface area contributed by atoms with Crippen molar-refractivity contribution < 1.29 is 17.9 Å². The van der Waals surface area contributed by atoms with E-state index in [9.17, 15) is 8.42 Å². The first kappa shape index (κ1) is 16.6. The van der Waals surface area contributed by atoms with Crippen LogP contribution in [0.3, 0.4) is 0 Å². The third-order valence-electron chi connectivity index (χ3n) is 4.39. The molecule has 1 spiro atoms. The molecular formula is C15H23N3O4S. The molecule has 2 atom stereocenters. The number of hydrogen-bond acceptors (Lipinski definition) is 5. The molecule has 0 radical (unpaired) electrons. The van der Waals surface area contributed by atoms with Gasteiger partial charge in [-0.2, -0.15) is 17.0 Å². The Hall–Kier alpha value is -1.22. The highest BCUT2D eigenvalue weighted by atomic mass is 32.2. The summed E-state index contributed by atoms with van der Waals surface area (Å²) < 4.78 is 39.3. The summed E-state index contributed by atoms with van der Waals surface area (Å²) in [4.78, 5) is 4.16. The molecule has 0 bridgehead atoms. The van der Waals surface area contributed by atoms with Gasteiger partial charge >= 0.3 is 0 Å². The molecule has 2 aliphatic rings. The van der Waals surface area contributed by atoms with Crippen LogP contribution in [-0.4, -0.2) is 67.5 Å². The number of nitrogens with zero attached hydrogens (tertiary/aromatic N) is 3. The number of rotatable bonds is 4. The van der Waals surface area contributed by atoms with Crippen LogP contribution in [0.15, 0.2) is 24.4 Å². The Kier molecular flexibility index (Phi) is 4.59. The van der Waals surface area contributed by atoms with Crippen LogP contribution in [0, 0.1) is 0 Å². The fourth-order valence-corrected chi connectivity index (χ4v) is 4.46. The quantitative estimate of drug-likeness (QED) is 0.813. The second-order valence-electron chi connectivity index (χ2n) is 6.33. The summed E-state index contributed by atoms with van der Waals surface area (Å²) in [6.45, 7) is 1.39. The summed E-state index contributed by atoms with van der Waals surface area (Å²) >= 11 is 0. The van der Waals surface area contributed by atoms with Crippen molar-refractivity contribution in [2.45, 2.75) is 31.0 Å². The van der Waals surface area contributed by atoms with Crippen LogP contribution >= 0.6 is 0 Å². The van der Waals surface area contributed by atoms with E-state index in [1.807, 2.05) is 18.2 Å². The van der Waals surface area contributed by atoms with Crippen molar-refractivity contribution in [1.29, 1.82) is 0 Å². The molecule has 0 amide bonds. The van der Waals surface area contributed by atoms with Crippen LogP contribution in [0.4, 0.5) is 0 Å². The fraction of sp³-hybridized carbons (Fsp3) is 0.667. The van der Waals surface area contributed by atoms with E-state index >= 15 is 0 Å². The van der Waals surface area contributed by atoms with Crippen molar-refractivity contribution >= 4 is 10.2 Å². The van der Waals surface area contributed by atoms with Crippen LogP contribution in [0.1, 0.15) is 19.3 Å². The van der Waals surface area contributed by atoms with Crippen LogP contribution < -0.4 is 4.74 Å². The lowest BCUT2D eigenvalue weighted by atomic mass is 9.90. The van der Waals surface area contributed by atoms with Crippen molar-refractivity contribution in [2.24, 2.45) is 0 Å². The minimum absolute atomic E-state index is 0.0908. The average Bonchev–Trinajstić information content (AvgIpc) is 2.90. The van der Waals surface area contributed by atoms with Gasteiger partial charge in [-0.15, -0.1) is 0 Å². The second-order valence-corrected chi connectivity index (χ2v) is 8.48. The maximum Gasteiger partial charge on any atom is 0.281 e. The highest BCUT2D eigenvalue weighted by Crippen LogP contribution is 2.37. The molecule has 2 fully saturated rings. The van der Waals surface area contributed by atoms with Crippen LogP contribution in [0.2, 0.25) is 0 Å². The molecule has 128 valence electrons. The van der Waals surface area contributed by atoms with Gasteiger partial charge in [-0.25, -0.2) is 4.98 Å². The zero-order valence-electron chi connectivity index (χ0n) is 13.5. The van der Waals surface area contributed by atoms with Gasteiger partial charge in [0.2, 0.25) is 5.88 Å². The predicted molar refractivity (Wildman–Crippen MR) is 85.4 cm³/mol. The molecule has 2 saturated heterocycles. The maximum absolute atomic E-state index is 12.4. The van der Waals surface area contributed by atoms with Crippen molar-refractivity contribution in [1.82, 2.24) is 13.6 Å². The second kappa shape index (κ2) is 6.35. The Bertz CT molecular complexity index is 637. The summed E-state index contributed by atoms with van der Waals surface area (Å²) in [5, 5.41) is 0. The van der Waals surface area contributed by atoms with Crippen molar-refractivity contribution in [2.75, 3.05) is 33.8 Å². The predicted octanol–water partition coefficient (Wildman–Crippen LogP) is 0.890. The SMILES string of the molecule is CN(C)S(=O)(=O)N1CCC[C@]2(C[C@H](Oc3ccccn3)CO2)C1. The van der Waals surface area contributed by atoms with Gasteiger partial charge in [0.15, 0.2) is 0 Å². The van der Waals surface area contributed by atoms with E-state index in [1.165, 1.54) is 8.61 Å². The van der Waals surface area contributed by atoms with Crippen molar-refractivity contribution in [3.63, 3.8) is 0 Å². The van der Waals surface area contributed by atoms with Crippen LogP contribution in [0.5, 0.6) is 5.88 Å². The van der Waals surface area contributed by atoms with E-state index in [0.717, 1.165) is 12.8 Å². The summed E-state index contributed by atoms with van der Waals surface area (Å²) in [5.74, 6) is 0.576. The summed E-state index contributed by atoms with van der Waals surface area (Å²) in [5.41, 5.74) is -0.444. The van der Waals surface area contributed by atoms with Crippen LogP contribution in [-0.2, 0) is 14.9 Å². The van der Waals surface area contributed by atoms with Crippen LogP contribution in [0.25, 0.3) is 0 Å². The fourth-order valence-electron chi connectivity index (χ4n) is 3.24. The maximum atomic E-state index is 12.4. The van der Waals surface area contributed by atoms with Gasteiger partial charge in [0.25, 0.3) is 10.2 Å². The topological polar surface area (TPSA) is 72.0 Å². The van der Waals surface area contributed by atoms with Gasteiger partial charge in [-0.1, -0.05) is 6.07 Å². The number of ether oxygens (including phenoxy) is 2.